The molecule has 0 radical (unpaired) electrons. The van der Waals surface area contributed by atoms with Gasteiger partial charge in [-0.15, -0.1) is 0 Å². The van der Waals surface area contributed by atoms with Gasteiger partial charge in [0.15, 0.2) is 9.84 Å². The number of anilines is 1. The van der Waals surface area contributed by atoms with Crippen LogP contribution in [0.15, 0.2) is 6.33 Å². The van der Waals surface area contributed by atoms with Crippen molar-refractivity contribution in [2.45, 2.75) is 18.9 Å². The summed E-state index contributed by atoms with van der Waals surface area (Å²) in [7, 11) is -3.24. The number of nitrogens with zero attached hydrogens (tertiary/aromatic N) is 3. The van der Waals surface area contributed by atoms with Crippen molar-refractivity contribution < 1.29 is 13.5 Å². The molecular weight excluding hydrogens is 322 g/mol. The molecule has 0 saturated carbocycles. The molecule has 9 heteroatoms. The summed E-state index contributed by atoms with van der Waals surface area (Å²) in [6, 6.07) is 0. The molecule has 1 atom stereocenters. The van der Waals surface area contributed by atoms with E-state index in [0.717, 1.165) is 5.75 Å². The molecule has 2 heterocycles. The molecule has 6 nitrogen and oxygen atoms in total. The Morgan fingerprint density at radius 1 is 1.55 bits per heavy atom. The summed E-state index contributed by atoms with van der Waals surface area (Å²) in [4.78, 5) is 9.67. The predicted octanol–water partition coefficient (Wildman–Crippen LogP) is 0.936. The van der Waals surface area contributed by atoms with Crippen molar-refractivity contribution >= 4 is 39.0 Å². The van der Waals surface area contributed by atoms with E-state index < -0.39 is 15.2 Å². The third kappa shape index (κ3) is 3.03. The van der Waals surface area contributed by atoms with E-state index in [2.05, 4.69) is 9.97 Å². The van der Waals surface area contributed by atoms with Gasteiger partial charge in [-0.3, -0.25) is 0 Å². The highest BCUT2D eigenvalue weighted by atomic mass is 35.5. The largest absolute Gasteiger partial charge is 0.391 e. The maximum Gasteiger partial charge on any atom is 0.171 e. The monoisotopic (exact) mass is 337 g/mol. The van der Waals surface area contributed by atoms with Crippen LogP contribution < -0.4 is 4.90 Å². The Hall–Kier alpha value is -0.570. The summed E-state index contributed by atoms with van der Waals surface area (Å²) < 4.78 is 24.5. The van der Waals surface area contributed by atoms with E-state index in [-0.39, 0.29) is 17.5 Å². The first-order chi connectivity index (χ1) is 9.51. The lowest BCUT2D eigenvalue weighted by Gasteiger charge is -2.36. The van der Waals surface area contributed by atoms with Gasteiger partial charge in [0, 0.05) is 23.8 Å². The molecule has 1 aromatic heterocycles. The van der Waals surface area contributed by atoms with Crippen LogP contribution in [0.25, 0.3) is 0 Å². The molecule has 20 heavy (non-hydrogen) atoms. The van der Waals surface area contributed by atoms with Crippen LogP contribution in [0.4, 0.5) is 5.82 Å². The van der Waals surface area contributed by atoms with Crippen molar-refractivity contribution in [2.24, 2.45) is 0 Å². The van der Waals surface area contributed by atoms with E-state index in [9.17, 15) is 13.5 Å². The Kier molecular flexibility index (Phi) is 5.11. The van der Waals surface area contributed by atoms with Gasteiger partial charge in [-0.2, -0.15) is 11.8 Å². The smallest absolute Gasteiger partial charge is 0.171 e. The molecule has 112 valence electrons. The van der Waals surface area contributed by atoms with Crippen molar-refractivity contribution in [2.75, 3.05) is 28.7 Å². The Labute approximate surface area is 127 Å². The molecular formula is C11H16ClN3O3S2. The zero-order valence-corrected chi connectivity index (χ0v) is 13.4. The standard InChI is InChI=1S/C11H16ClN3O3S2/c1-2-20(17,18)9-6-19-4-3-15(9)11-8(5-16)10(12)13-7-14-11/h7,9,16H,2-6H2,1H3. The highest BCUT2D eigenvalue weighted by Crippen LogP contribution is 2.30. The third-order valence-electron chi connectivity index (χ3n) is 3.20. The van der Waals surface area contributed by atoms with Crippen molar-refractivity contribution in [3.05, 3.63) is 17.0 Å². The molecule has 2 rings (SSSR count). The lowest BCUT2D eigenvalue weighted by Crippen LogP contribution is -2.48. The zero-order valence-electron chi connectivity index (χ0n) is 11.0. The summed E-state index contributed by atoms with van der Waals surface area (Å²) >= 11 is 7.55. The number of aliphatic hydroxyl groups excluding tert-OH is 1. The van der Waals surface area contributed by atoms with Crippen LogP contribution >= 0.6 is 23.4 Å². The molecule has 1 unspecified atom stereocenters. The van der Waals surface area contributed by atoms with Crippen LogP contribution in [0.5, 0.6) is 0 Å². The molecule has 0 bridgehead atoms. The number of hydrogen-bond donors (Lipinski definition) is 1. The molecule has 0 aliphatic carbocycles. The van der Waals surface area contributed by atoms with Gasteiger partial charge in [0.2, 0.25) is 0 Å². The SMILES string of the molecule is CCS(=O)(=O)C1CSCCN1c1ncnc(Cl)c1CO. The van der Waals surface area contributed by atoms with Crippen molar-refractivity contribution in [3.63, 3.8) is 0 Å². The molecule has 1 fully saturated rings. The number of aliphatic hydroxyl groups is 1. The predicted molar refractivity (Wildman–Crippen MR) is 80.9 cm³/mol. The van der Waals surface area contributed by atoms with E-state index in [4.69, 9.17) is 11.6 Å². The number of thioether (sulfide) groups is 1. The topological polar surface area (TPSA) is 83.4 Å². The molecule has 0 spiro atoms. The number of hydrogen-bond acceptors (Lipinski definition) is 7. The van der Waals surface area contributed by atoms with Crippen LogP contribution in [-0.4, -0.2) is 52.7 Å². The zero-order chi connectivity index (χ0) is 14.8. The highest BCUT2D eigenvalue weighted by Gasteiger charge is 2.35. The fraction of sp³-hybridized carbons (Fsp3) is 0.636. The Balaban J connectivity index is 2.46. The summed E-state index contributed by atoms with van der Waals surface area (Å²) in [6.07, 6.45) is 1.29. The molecule has 1 aliphatic heterocycles. The summed E-state index contributed by atoms with van der Waals surface area (Å²) in [5.41, 5.74) is 0.373. The number of aromatic nitrogens is 2. The van der Waals surface area contributed by atoms with Gasteiger partial charge in [0.1, 0.15) is 22.7 Å². The fourth-order valence-corrected chi connectivity index (χ4v) is 5.24. The van der Waals surface area contributed by atoms with Gasteiger partial charge in [-0.1, -0.05) is 18.5 Å². The van der Waals surface area contributed by atoms with Gasteiger partial charge >= 0.3 is 0 Å². The normalized spacial score (nSPS) is 20.1. The molecule has 1 aromatic rings. The molecule has 1 aliphatic rings. The van der Waals surface area contributed by atoms with Crippen LogP contribution in [-0.2, 0) is 16.4 Å². The molecule has 1 saturated heterocycles. The van der Waals surface area contributed by atoms with Crippen LogP contribution in [0, 0.1) is 0 Å². The van der Waals surface area contributed by atoms with Crippen LogP contribution in [0.3, 0.4) is 0 Å². The molecule has 0 aromatic carbocycles. The Bertz CT molecular complexity index is 582. The Morgan fingerprint density at radius 2 is 2.30 bits per heavy atom. The van der Waals surface area contributed by atoms with Gasteiger partial charge in [-0.25, -0.2) is 18.4 Å². The minimum atomic E-state index is -3.24. The first-order valence-electron chi connectivity index (χ1n) is 6.17. The minimum Gasteiger partial charge on any atom is -0.391 e. The molecule has 0 amide bonds. The first-order valence-corrected chi connectivity index (χ1v) is 9.42. The fourth-order valence-electron chi connectivity index (χ4n) is 2.08. The van der Waals surface area contributed by atoms with Gasteiger partial charge in [0.05, 0.1) is 12.2 Å². The Morgan fingerprint density at radius 3 is 2.95 bits per heavy atom. The first kappa shape index (κ1) is 15.8. The van der Waals surface area contributed by atoms with Crippen LogP contribution in [0.2, 0.25) is 5.15 Å². The number of sulfone groups is 1. The van der Waals surface area contributed by atoms with E-state index in [1.807, 2.05) is 0 Å². The van der Waals surface area contributed by atoms with Crippen molar-refractivity contribution in [1.82, 2.24) is 9.97 Å². The lowest BCUT2D eigenvalue weighted by molar-refractivity contribution is 0.281. The maximum absolute atomic E-state index is 12.2. The van der Waals surface area contributed by atoms with E-state index in [1.165, 1.54) is 6.33 Å². The van der Waals surface area contributed by atoms with E-state index in [1.54, 1.807) is 23.6 Å². The quantitative estimate of drug-likeness (QED) is 0.818. The molecule has 1 N–H and O–H groups in total. The van der Waals surface area contributed by atoms with Crippen molar-refractivity contribution in [3.8, 4) is 0 Å². The maximum atomic E-state index is 12.2. The third-order valence-corrected chi connectivity index (χ3v) is 6.82. The highest BCUT2D eigenvalue weighted by molar-refractivity contribution is 8.01. The van der Waals surface area contributed by atoms with E-state index in [0.29, 0.717) is 23.7 Å². The van der Waals surface area contributed by atoms with Crippen molar-refractivity contribution in [1.29, 1.82) is 0 Å². The lowest BCUT2D eigenvalue weighted by atomic mass is 10.3. The number of rotatable bonds is 4. The summed E-state index contributed by atoms with van der Waals surface area (Å²) in [6.45, 7) is 1.86. The average Bonchev–Trinajstić information content (AvgIpc) is 2.47. The van der Waals surface area contributed by atoms with Crippen LogP contribution in [0.1, 0.15) is 12.5 Å². The summed E-state index contributed by atoms with van der Waals surface area (Å²) in [5.74, 6) is 1.78. The van der Waals surface area contributed by atoms with Gasteiger partial charge < -0.3 is 10.0 Å². The second-order valence-corrected chi connectivity index (χ2v) is 8.25. The second kappa shape index (κ2) is 6.46. The van der Waals surface area contributed by atoms with Gasteiger partial charge in [0.25, 0.3) is 0 Å². The minimum absolute atomic E-state index is 0.0714. The summed E-state index contributed by atoms with van der Waals surface area (Å²) in [5, 5.41) is 8.95. The van der Waals surface area contributed by atoms with Gasteiger partial charge in [-0.05, 0) is 0 Å². The average molecular weight is 338 g/mol. The second-order valence-electron chi connectivity index (χ2n) is 4.30. The number of halogens is 1. The van der Waals surface area contributed by atoms with E-state index >= 15 is 0 Å².